The van der Waals surface area contributed by atoms with Gasteiger partial charge in [0, 0.05) is 30.8 Å². The van der Waals surface area contributed by atoms with Crippen molar-refractivity contribution in [2.45, 2.75) is 45.8 Å². The monoisotopic (exact) mass is 265 g/mol. The van der Waals surface area contributed by atoms with E-state index in [-0.39, 0.29) is 0 Å². The molecule has 3 heteroatoms. The maximum absolute atomic E-state index is 5.90. The van der Waals surface area contributed by atoms with Gasteiger partial charge in [-0.2, -0.15) is 0 Å². The Hall–Kier alpha value is -0.800. The van der Waals surface area contributed by atoms with Gasteiger partial charge < -0.3 is 14.4 Å². The zero-order chi connectivity index (χ0) is 13.9. The molecule has 0 aromatic rings. The van der Waals surface area contributed by atoms with Gasteiger partial charge in [0.05, 0.1) is 13.2 Å². The molecule has 1 saturated heterocycles. The first-order chi connectivity index (χ1) is 9.13. The Morgan fingerprint density at radius 1 is 1.37 bits per heavy atom. The molecule has 0 aromatic carbocycles. The van der Waals surface area contributed by atoms with E-state index in [1.165, 1.54) is 6.42 Å². The van der Waals surface area contributed by atoms with Gasteiger partial charge in [0.15, 0.2) is 5.79 Å². The molecule has 2 aliphatic rings. The van der Waals surface area contributed by atoms with Crippen molar-refractivity contribution >= 4 is 0 Å². The summed E-state index contributed by atoms with van der Waals surface area (Å²) in [6.45, 7) is 14.5. The lowest BCUT2D eigenvalue weighted by Gasteiger charge is -2.39. The minimum Gasteiger partial charge on any atom is -0.371 e. The van der Waals surface area contributed by atoms with Crippen LogP contribution in [0.4, 0.5) is 0 Å². The van der Waals surface area contributed by atoms with E-state index in [0.717, 1.165) is 37.2 Å². The van der Waals surface area contributed by atoms with Crippen LogP contribution in [0.3, 0.4) is 0 Å². The van der Waals surface area contributed by atoms with Gasteiger partial charge in [0.2, 0.25) is 0 Å². The van der Waals surface area contributed by atoms with Gasteiger partial charge in [0.1, 0.15) is 0 Å². The summed E-state index contributed by atoms with van der Waals surface area (Å²) in [5.41, 5.74) is 2.25. The van der Waals surface area contributed by atoms with Crippen LogP contribution in [0.2, 0.25) is 0 Å². The average molecular weight is 265 g/mol. The number of nitrogens with zero attached hydrogens (tertiary/aromatic N) is 1. The summed E-state index contributed by atoms with van der Waals surface area (Å²) in [6.07, 6.45) is 5.35. The molecule has 2 rings (SSSR count). The predicted molar refractivity (Wildman–Crippen MR) is 77.8 cm³/mol. The highest BCUT2D eigenvalue weighted by Crippen LogP contribution is 2.38. The van der Waals surface area contributed by atoms with E-state index < -0.39 is 5.79 Å². The quantitative estimate of drug-likeness (QED) is 0.761. The van der Waals surface area contributed by atoms with Gasteiger partial charge in [-0.25, -0.2) is 0 Å². The van der Waals surface area contributed by atoms with E-state index in [9.17, 15) is 0 Å². The van der Waals surface area contributed by atoms with Crippen molar-refractivity contribution in [3.63, 3.8) is 0 Å². The van der Waals surface area contributed by atoms with Crippen molar-refractivity contribution in [2.75, 3.05) is 26.3 Å². The van der Waals surface area contributed by atoms with Crippen LogP contribution in [0.15, 0.2) is 23.9 Å². The highest BCUT2D eigenvalue weighted by Gasteiger charge is 2.41. The highest BCUT2D eigenvalue weighted by molar-refractivity contribution is 5.36. The van der Waals surface area contributed by atoms with Gasteiger partial charge in [-0.15, -0.1) is 0 Å². The zero-order valence-corrected chi connectivity index (χ0v) is 12.6. The van der Waals surface area contributed by atoms with E-state index in [2.05, 4.69) is 38.3 Å². The van der Waals surface area contributed by atoms with E-state index in [4.69, 9.17) is 9.47 Å². The van der Waals surface area contributed by atoms with Crippen LogP contribution >= 0.6 is 0 Å². The summed E-state index contributed by atoms with van der Waals surface area (Å²) in [5, 5.41) is 0. The molecule has 108 valence electrons. The second kappa shape index (κ2) is 6.10. The first-order valence-corrected chi connectivity index (χ1v) is 7.55. The minimum atomic E-state index is -0.537. The summed E-state index contributed by atoms with van der Waals surface area (Å²) in [7, 11) is 0. The van der Waals surface area contributed by atoms with Gasteiger partial charge >= 0.3 is 0 Å². The Bertz CT molecular complexity index is 356. The van der Waals surface area contributed by atoms with E-state index >= 15 is 0 Å². The molecule has 2 heterocycles. The Balaban J connectivity index is 2.13. The molecule has 0 amide bonds. The van der Waals surface area contributed by atoms with Gasteiger partial charge in [-0.3, -0.25) is 0 Å². The molecule has 19 heavy (non-hydrogen) atoms. The molecule has 1 unspecified atom stereocenters. The summed E-state index contributed by atoms with van der Waals surface area (Å²) >= 11 is 0. The second-order valence-electron chi connectivity index (χ2n) is 5.62. The van der Waals surface area contributed by atoms with E-state index in [1.807, 2.05) is 0 Å². The van der Waals surface area contributed by atoms with Crippen molar-refractivity contribution in [2.24, 2.45) is 5.92 Å². The molecule has 3 nitrogen and oxygen atoms in total. The molecule has 1 atom stereocenters. The van der Waals surface area contributed by atoms with Gasteiger partial charge in [0.25, 0.3) is 0 Å². The summed E-state index contributed by atoms with van der Waals surface area (Å²) in [5.74, 6) is 0.157. The van der Waals surface area contributed by atoms with Crippen molar-refractivity contribution in [3.05, 3.63) is 23.9 Å². The molecular formula is C16H27NO2. The van der Waals surface area contributed by atoms with Crippen LogP contribution in [-0.4, -0.2) is 37.0 Å². The topological polar surface area (TPSA) is 21.7 Å². The lowest BCUT2D eigenvalue weighted by atomic mass is 9.94. The van der Waals surface area contributed by atoms with E-state index in [1.54, 1.807) is 0 Å². The van der Waals surface area contributed by atoms with Crippen LogP contribution in [0.1, 0.15) is 40.0 Å². The summed E-state index contributed by atoms with van der Waals surface area (Å²) < 4.78 is 11.8. The molecule has 0 aliphatic carbocycles. The Morgan fingerprint density at radius 2 is 2.05 bits per heavy atom. The molecule has 2 aliphatic heterocycles. The maximum atomic E-state index is 5.90. The van der Waals surface area contributed by atoms with Crippen LogP contribution in [0.25, 0.3) is 0 Å². The fourth-order valence-electron chi connectivity index (χ4n) is 2.87. The molecule has 0 N–H and O–H groups in total. The van der Waals surface area contributed by atoms with E-state index in [0.29, 0.717) is 19.1 Å². The van der Waals surface area contributed by atoms with Crippen LogP contribution in [-0.2, 0) is 9.47 Å². The van der Waals surface area contributed by atoms with Crippen molar-refractivity contribution in [1.29, 1.82) is 0 Å². The Labute approximate surface area is 117 Å². The predicted octanol–water partition coefficient (Wildman–Crippen LogP) is 3.33. The van der Waals surface area contributed by atoms with Crippen molar-refractivity contribution < 1.29 is 9.47 Å². The van der Waals surface area contributed by atoms with Crippen molar-refractivity contribution in [1.82, 2.24) is 4.90 Å². The normalized spacial score (nSPS) is 24.5. The first kappa shape index (κ1) is 14.6. The summed E-state index contributed by atoms with van der Waals surface area (Å²) in [6, 6.07) is 0. The third-order valence-electron chi connectivity index (χ3n) is 4.30. The van der Waals surface area contributed by atoms with Gasteiger partial charge in [-0.05, 0) is 12.3 Å². The smallest absolute Gasteiger partial charge is 0.196 e. The Kier molecular flexibility index (Phi) is 4.69. The fraction of sp³-hybridized carbons (Fsp3) is 0.750. The fourth-order valence-corrected chi connectivity index (χ4v) is 2.87. The lowest BCUT2D eigenvalue weighted by Crippen LogP contribution is -2.40. The Morgan fingerprint density at radius 3 is 2.63 bits per heavy atom. The number of hydrogen-bond acceptors (Lipinski definition) is 3. The number of rotatable bonds is 5. The van der Waals surface area contributed by atoms with Crippen LogP contribution < -0.4 is 0 Å². The molecule has 0 aromatic heterocycles. The molecule has 0 radical (unpaired) electrons. The highest BCUT2D eigenvalue weighted by atomic mass is 16.7. The zero-order valence-electron chi connectivity index (χ0n) is 12.6. The molecular weight excluding hydrogens is 238 g/mol. The second-order valence-corrected chi connectivity index (χ2v) is 5.62. The summed E-state index contributed by atoms with van der Waals surface area (Å²) in [4.78, 5) is 2.39. The lowest BCUT2D eigenvalue weighted by molar-refractivity contribution is -0.128. The number of ether oxygens (including phenoxy) is 2. The maximum Gasteiger partial charge on any atom is 0.196 e. The third kappa shape index (κ3) is 2.87. The largest absolute Gasteiger partial charge is 0.371 e. The van der Waals surface area contributed by atoms with Crippen molar-refractivity contribution in [3.8, 4) is 0 Å². The van der Waals surface area contributed by atoms with Crippen LogP contribution in [0.5, 0.6) is 0 Å². The minimum absolute atomic E-state index is 0.537. The third-order valence-corrected chi connectivity index (χ3v) is 4.30. The molecule has 0 bridgehead atoms. The molecule has 0 saturated carbocycles. The SMILES string of the molecule is C=C1C(C2(CC)OCCO2)=CCCN1CC(C)CC. The first-order valence-electron chi connectivity index (χ1n) is 7.55. The number of hydrogen-bond donors (Lipinski definition) is 0. The molecule has 0 spiro atoms. The van der Waals surface area contributed by atoms with Gasteiger partial charge in [-0.1, -0.05) is 39.8 Å². The average Bonchev–Trinajstić information content (AvgIpc) is 2.91. The standard InChI is InChI=1S/C16H27NO2/c1-5-13(3)12-17-9-7-8-15(14(17)4)16(6-2)18-10-11-19-16/h8,13H,4-7,9-12H2,1-3H3. The molecule has 1 fully saturated rings. The van der Waals surface area contributed by atoms with Crippen LogP contribution in [0, 0.1) is 5.92 Å².